The predicted molar refractivity (Wildman–Crippen MR) is 342 cm³/mol. The number of nitrogens with one attached hydrogen (secondary N) is 3. The lowest BCUT2D eigenvalue weighted by atomic mass is 9.93. The molecule has 1 amide bonds. The summed E-state index contributed by atoms with van der Waals surface area (Å²) < 4.78 is 57.1. The number of hydrogen-bond donors (Lipinski definition) is 3. The summed E-state index contributed by atoms with van der Waals surface area (Å²) in [4.78, 5) is 33.9. The molecule has 0 aliphatic carbocycles. The number of benzene rings is 7. The minimum Gasteiger partial charge on any atom is -0.493 e. The maximum Gasteiger partial charge on any atom is 0.410 e. The first kappa shape index (κ1) is 61.9. The molecule has 0 bridgehead atoms. The predicted octanol–water partition coefficient (Wildman–Crippen LogP) is 12.7. The van der Waals surface area contributed by atoms with Gasteiger partial charge in [-0.15, -0.1) is 10.6 Å². The Kier molecular flexibility index (Phi) is 20.3. The van der Waals surface area contributed by atoms with Gasteiger partial charge < -0.3 is 29.0 Å². The first-order valence-corrected chi connectivity index (χ1v) is 29.9. The summed E-state index contributed by atoms with van der Waals surface area (Å²) >= 11 is 0. The van der Waals surface area contributed by atoms with Crippen molar-refractivity contribution in [3.8, 4) is 23.0 Å². The van der Waals surface area contributed by atoms with Crippen LogP contribution in [0.25, 0.3) is 27.9 Å². The van der Waals surface area contributed by atoms with Gasteiger partial charge in [0, 0.05) is 41.8 Å². The van der Waals surface area contributed by atoms with E-state index in [1.54, 1.807) is 70.5 Å². The number of amides is 1. The number of aldehydes is 1. The van der Waals surface area contributed by atoms with E-state index in [1.165, 1.54) is 28.1 Å². The van der Waals surface area contributed by atoms with Crippen LogP contribution in [0.4, 0.5) is 10.5 Å². The minimum absolute atomic E-state index is 0. The zero-order chi connectivity index (χ0) is 60.0. The van der Waals surface area contributed by atoms with Crippen molar-refractivity contribution in [2.45, 2.75) is 71.9 Å². The number of fused-ring (bicyclic) bond motifs is 4. The zero-order valence-corrected chi connectivity index (χ0v) is 49.4. The highest BCUT2D eigenvalue weighted by atomic mass is 32.2. The van der Waals surface area contributed by atoms with Gasteiger partial charge in [0.25, 0.3) is 5.17 Å². The lowest BCUT2D eigenvalue weighted by molar-refractivity contribution is 0.0162. The SMILES string of the molecule is C.COc1cc2c(cc1OCc1ccccc1)CCN(C(=O)OC(C)(C)C)C2CS(=O)(=O)C1=NNNN1c1ccccc1.COc1cc2c(cc1OCc1ccccc1)CCNC2/C=C/c1ccc2cccnc2c1.O=Cc1ccc2ncccc2c1. The molecular formula is C69H72N8O9S. The van der Waals surface area contributed by atoms with Gasteiger partial charge in [0.2, 0.25) is 9.84 Å². The van der Waals surface area contributed by atoms with Crippen LogP contribution >= 0.6 is 0 Å². The highest BCUT2D eigenvalue weighted by Crippen LogP contribution is 2.41. The molecule has 448 valence electrons. The second-order valence-corrected chi connectivity index (χ2v) is 23.5. The van der Waals surface area contributed by atoms with Gasteiger partial charge in [-0.25, -0.2) is 23.8 Å². The van der Waals surface area contributed by atoms with E-state index in [0.717, 1.165) is 74.8 Å². The molecule has 9 aromatic rings. The van der Waals surface area contributed by atoms with Crippen LogP contribution in [0.15, 0.2) is 199 Å². The Bertz CT molecular complexity index is 4000. The second-order valence-electron chi connectivity index (χ2n) is 21.5. The molecule has 87 heavy (non-hydrogen) atoms. The summed E-state index contributed by atoms with van der Waals surface area (Å²) in [5.74, 6) is 2.09. The van der Waals surface area contributed by atoms with Gasteiger partial charge >= 0.3 is 6.09 Å². The maximum absolute atomic E-state index is 13.9. The van der Waals surface area contributed by atoms with Crippen LogP contribution in [-0.2, 0) is 40.6 Å². The van der Waals surface area contributed by atoms with E-state index in [4.69, 9.17) is 23.7 Å². The Morgan fingerprint density at radius 3 is 1.89 bits per heavy atom. The Balaban J connectivity index is 0.000000176. The van der Waals surface area contributed by atoms with Crippen molar-refractivity contribution in [1.82, 2.24) is 31.3 Å². The third-order valence-corrected chi connectivity index (χ3v) is 16.0. The number of hydrogen-bond acceptors (Lipinski definition) is 16. The van der Waals surface area contributed by atoms with Crippen LogP contribution in [-0.4, -0.2) is 79.5 Å². The molecule has 0 radical (unpaired) electrons. The number of nitrogens with zero attached hydrogens (tertiary/aromatic N) is 5. The second kappa shape index (κ2) is 28.5. The van der Waals surface area contributed by atoms with Gasteiger partial charge in [-0.2, -0.15) is 0 Å². The van der Waals surface area contributed by atoms with Crippen molar-refractivity contribution < 1.29 is 41.7 Å². The van der Waals surface area contributed by atoms with Crippen LogP contribution in [0.2, 0.25) is 0 Å². The highest BCUT2D eigenvalue weighted by Gasteiger charge is 2.41. The molecule has 12 rings (SSSR count). The number of rotatable bonds is 14. The summed E-state index contributed by atoms with van der Waals surface area (Å²) in [6.07, 6.45) is 9.64. The fourth-order valence-corrected chi connectivity index (χ4v) is 11.8. The van der Waals surface area contributed by atoms with Gasteiger partial charge in [0.15, 0.2) is 23.0 Å². The summed E-state index contributed by atoms with van der Waals surface area (Å²) in [5, 5.41) is 10.9. The van der Waals surface area contributed by atoms with Crippen molar-refractivity contribution in [2.75, 3.05) is 38.1 Å². The lowest BCUT2D eigenvalue weighted by Crippen LogP contribution is -2.48. The molecule has 0 saturated heterocycles. The monoisotopic (exact) mass is 1190 g/mol. The van der Waals surface area contributed by atoms with Crippen molar-refractivity contribution in [3.63, 3.8) is 0 Å². The Morgan fingerprint density at radius 1 is 0.655 bits per heavy atom. The molecule has 18 heteroatoms. The van der Waals surface area contributed by atoms with E-state index in [0.29, 0.717) is 47.9 Å². The highest BCUT2D eigenvalue weighted by molar-refractivity contribution is 8.06. The number of amidine groups is 1. The number of para-hydroxylation sites is 1. The molecule has 0 fully saturated rings. The maximum atomic E-state index is 13.9. The van der Waals surface area contributed by atoms with Crippen LogP contribution in [0, 0.1) is 0 Å². The third kappa shape index (κ3) is 15.6. The van der Waals surface area contributed by atoms with Gasteiger partial charge in [0.1, 0.15) is 25.1 Å². The molecule has 5 heterocycles. The standard InChI is InChI=1S/C30H35N5O6S.C28H26N2O2.C10H7NO.CH4/c1-30(2,3)41-29(36)34-16-15-22-17-27(40-19-21-11-7-5-8-12-21)26(39-4)18-24(22)25(34)20-42(37,38)28-31-32-33-35(28)23-13-9-6-10-14-23;1-31-27-18-24-23(17-28(27)32-19-21-6-3-2-4-7-21)13-15-30-25(24)12-10-20-9-11-22-8-5-14-29-26(22)16-20;12-7-8-3-4-10-9(6-8)2-1-5-11-10;/h5-14,17-18,25,32-33H,15-16,19-20H2,1-4H3;2-12,14,16-18,25,30H,13,15,19H2,1H3;1-7H;1H4/b;12-10+;;. The van der Waals surface area contributed by atoms with Crippen LogP contribution in [0.5, 0.6) is 23.0 Å². The number of aromatic nitrogens is 2. The number of methoxy groups -OCH3 is 2. The smallest absolute Gasteiger partial charge is 0.410 e. The quantitative estimate of drug-likeness (QED) is 0.0869. The number of pyridine rings is 2. The number of hydrazine groups is 2. The normalized spacial score (nSPS) is 15.2. The fourth-order valence-electron chi connectivity index (χ4n) is 10.2. The molecule has 17 nitrogen and oxygen atoms in total. The van der Waals surface area contributed by atoms with Crippen LogP contribution < -0.4 is 40.3 Å². The third-order valence-electron chi connectivity index (χ3n) is 14.5. The number of ether oxygens (including phenoxy) is 5. The zero-order valence-electron chi connectivity index (χ0n) is 48.6. The van der Waals surface area contributed by atoms with Gasteiger partial charge in [-0.05, 0) is 145 Å². The topological polar surface area (TPSA) is 195 Å². The largest absolute Gasteiger partial charge is 0.493 e. The summed E-state index contributed by atoms with van der Waals surface area (Å²) in [5.41, 5.74) is 15.1. The molecule has 2 aromatic heterocycles. The van der Waals surface area contributed by atoms with Crippen LogP contribution in [0.1, 0.15) is 89.6 Å². The minimum atomic E-state index is -4.06. The number of anilines is 1. The van der Waals surface area contributed by atoms with E-state index in [-0.39, 0.29) is 25.2 Å². The molecule has 2 atom stereocenters. The average molecular weight is 1190 g/mol. The summed E-state index contributed by atoms with van der Waals surface area (Å²) in [6.45, 7) is 7.37. The van der Waals surface area contributed by atoms with Crippen molar-refractivity contribution in [3.05, 3.63) is 239 Å². The molecular weight excluding hydrogens is 1120 g/mol. The Morgan fingerprint density at radius 2 is 1.25 bits per heavy atom. The van der Waals surface area contributed by atoms with Crippen molar-refractivity contribution in [2.24, 2.45) is 5.10 Å². The van der Waals surface area contributed by atoms with E-state index < -0.39 is 33.3 Å². The molecule has 7 aromatic carbocycles. The number of carbonyl (C=O) groups is 2. The molecule has 3 aliphatic rings. The summed E-state index contributed by atoms with van der Waals surface area (Å²) in [6, 6.07) is 55.7. The van der Waals surface area contributed by atoms with E-state index >= 15 is 0 Å². The first-order valence-electron chi connectivity index (χ1n) is 28.2. The van der Waals surface area contributed by atoms with Gasteiger partial charge in [-0.3, -0.25) is 19.7 Å². The average Bonchev–Trinajstić information content (AvgIpc) is 2.83. The lowest BCUT2D eigenvalue weighted by Gasteiger charge is -2.38. The fraction of sp³-hybridized carbons (Fsp3) is 0.232. The van der Waals surface area contributed by atoms with Gasteiger partial charge in [0.05, 0.1) is 48.8 Å². The van der Waals surface area contributed by atoms with Crippen LogP contribution in [0.3, 0.4) is 0 Å². The molecule has 0 spiro atoms. The molecule has 0 saturated carbocycles. The van der Waals surface area contributed by atoms with Crippen molar-refractivity contribution in [1.29, 1.82) is 0 Å². The number of sulfone groups is 1. The molecule has 2 unspecified atom stereocenters. The molecule has 3 N–H and O–H groups in total. The molecule has 3 aliphatic heterocycles. The first-order chi connectivity index (χ1) is 41.7. The van der Waals surface area contributed by atoms with E-state index in [2.05, 4.69) is 92.1 Å². The number of carbonyl (C=O) groups excluding carboxylic acids is 2. The number of hydrazone groups is 1. The van der Waals surface area contributed by atoms with E-state index in [9.17, 15) is 18.0 Å². The Labute approximate surface area is 508 Å². The van der Waals surface area contributed by atoms with Gasteiger partial charge in [-0.1, -0.05) is 123 Å². The van der Waals surface area contributed by atoms with Crippen molar-refractivity contribution >= 4 is 61.0 Å². The van der Waals surface area contributed by atoms with E-state index in [1.807, 2.05) is 97.2 Å². The Hall–Kier alpha value is -9.62. The summed E-state index contributed by atoms with van der Waals surface area (Å²) in [7, 11) is -0.834.